The van der Waals surface area contributed by atoms with Crippen LogP contribution in [-0.4, -0.2) is 42.9 Å². The molecule has 5 heteroatoms. The van der Waals surface area contributed by atoms with Crippen molar-refractivity contribution >= 4 is 11.8 Å². The van der Waals surface area contributed by atoms with E-state index in [1.807, 2.05) is 0 Å². The van der Waals surface area contributed by atoms with Crippen molar-refractivity contribution in [3.63, 3.8) is 0 Å². The summed E-state index contributed by atoms with van der Waals surface area (Å²) in [5, 5.41) is 2.45. The van der Waals surface area contributed by atoms with Gasteiger partial charge in [0.25, 0.3) is 0 Å². The van der Waals surface area contributed by atoms with Gasteiger partial charge in [-0.2, -0.15) is 0 Å². The minimum absolute atomic E-state index is 0.402. The maximum Gasteiger partial charge on any atom is 0.311 e. The van der Waals surface area contributed by atoms with Crippen LogP contribution in [0.25, 0.3) is 0 Å². The zero-order valence-electron chi connectivity index (χ0n) is 6.17. The molecule has 0 saturated carbocycles. The maximum absolute atomic E-state index is 11.0. The lowest BCUT2D eigenvalue weighted by molar-refractivity contribution is -0.148. The molecule has 0 radical (unpaired) electrons. The van der Waals surface area contributed by atoms with Crippen LogP contribution >= 0.6 is 0 Å². The molecule has 2 amide bonds. The highest BCUT2D eigenvalue weighted by atomic mass is 16.2. The van der Waals surface area contributed by atoms with Crippen molar-refractivity contribution in [2.24, 2.45) is 5.73 Å². The normalized spacial score (nSPS) is 18.5. The van der Waals surface area contributed by atoms with Crippen molar-refractivity contribution in [1.29, 1.82) is 0 Å². The van der Waals surface area contributed by atoms with Gasteiger partial charge >= 0.3 is 11.8 Å². The molecule has 1 aliphatic heterocycles. The topological polar surface area (TPSA) is 75.4 Å². The van der Waals surface area contributed by atoms with Crippen LogP contribution in [-0.2, 0) is 9.59 Å². The minimum atomic E-state index is -0.523. The summed E-state index contributed by atoms with van der Waals surface area (Å²) in [6, 6.07) is 0. The van der Waals surface area contributed by atoms with Gasteiger partial charge in [-0.05, 0) is 0 Å². The van der Waals surface area contributed by atoms with E-state index in [9.17, 15) is 9.59 Å². The molecule has 1 heterocycles. The summed E-state index contributed by atoms with van der Waals surface area (Å²) >= 11 is 0. The highest BCUT2D eigenvalue weighted by molar-refractivity contribution is 6.35. The van der Waals surface area contributed by atoms with Gasteiger partial charge in [-0.15, -0.1) is 0 Å². The molecule has 62 valence electrons. The largest absolute Gasteiger partial charge is 0.346 e. The van der Waals surface area contributed by atoms with E-state index >= 15 is 0 Å². The van der Waals surface area contributed by atoms with E-state index in [4.69, 9.17) is 5.73 Å². The van der Waals surface area contributed by atoms with Gasteiger partial charge < -0.3 is 16.0 Å². The first-order chi connectivity index (χ1) is 5.25. The Morgan fingerprint density at radius 1 is 1.55 bits per heavy atom. The maximum atomic E-state index is 11.0. The first kappa shape index (κ1) is 8.00. The molecule has 0 bridgehead atoms. The smallest absolute Gasteiger partial charge is 0.311 e. The van der Waals surface area contributed by atoms with Crippen molar-refractivity contribution in [3.8, 4) is 0 Å². The Balaban J connectivity index is 2.51. The van der Waals surface area contributed by atoms with Gasteiger partial charge in [-0.1, -0.05) is 0 Å². The van der Waals surface area contributed by atoms with E-state index in [1.54, 1.807) is 0 Å². The lowest BCUT2D eigenvalue weighted by Gasteiger charge is -2.25. The van der Waals surface area contributed by atoms with Crippen LogP contribution < -0.4 is 11.1 Å². The van der Waals surface area contributed by atoms with E-state index in [2.05, 4.69) is 5.32 Å². The summed E-state index contributed by atoms with van der Waals surface area (Å²) in [5.74, 6) is -0.994. The Morgan fingerprint density at radius 2 is 2.27 bits per heavy atom. The Morgan fingerprint density at radius 3 is 2.91 bits per heavy atom. The standard InChI is InChI=1S/C6H11N3O2/c7-1-3-9-4-2-8-5(10)6(9)11/h1-4,7H2,(H,8,10). The number of carbonyl (C=O) groups excluding carboxylic acids is 2. The van der Waals surface area contributed by atoms with E-state index < -0.39 is 11.8 Å². The van der Waals surface area contributed by atoms with Crippen LogP contribution in [0.3, 0.4) is 0 Å². The molecule has 1 rings (SSSR count). The van der Waals surface area contributed by atoms with Gasteiger partial charge in [0.2, 0.25) is 0 Å². The first-order valence-electron chi connectivity index (χ1n) is 3.53. The van der Waals surface area contributed by atoms with E-state index in [0.29, 0.717) is 26.2 Å². The Labute approximate surface area is 64.5 Å². The van der Waals surface area contributed by atoms with E-state index in [1.165, 1.54) is 4.90 Å². The fourth-order valence-electron chi connectivity index (χ4n) is 0.994. The molecule has 1 saturated heterocycles. The molecule has 0 aliphatic carbocycles. The predicted molar refractivity (Wildman–Crippen MR) is 38.6 cm³/mol. The highest BCUT2D eigenvalue weighted by Gasteiger charge is 2.24. The second-order valence-corrected chi connectivity index (χ2v) is 2.34. The van der Waals surface area contributed by atoms with Gasteiger partial charge in [0.15, 0.2) is 0 Å². The van der Waals surface area contributed by atoms with Crippen LogP contribution in [0.4, 0.5) is 0 Å². The summed E-state index contributed by atoms with van der Waals surface area (Å²) < 4.78 is 0. The first-order valence-corrected chi connectivity index (χ1v) is 3.53. The van der Waals surface area contributed by atoms with E-state index in [0.717, 1.165) is 0 Å². The lowest BCUT2D eigenvalue weighted by Crippen LogP contribution is -2.53. The third-order valence-corrected chi connectivity index (χ3v) is 1.55. The molecule has 1 fully saturated rings. The Hall–Kier alpha value is -1.10. The molecule has 5 nitrogen and oxygen atoms in total. The summed E-state index contributed by atoms with van der Waals surface area (Å²) in [5.41, 5.74) is 5.24. The third kappa shape index (κ3) is 1.68. The zero-order valence-corrected chi connectivity index (χ0v) is 6.17. The highest BCUT2D eigenvalue weighted by Crippen LogP contribution is 1.93. The van der Waals surface area contributed by atoms with Crippen LogP contribution in [0.15, 0.2) is 0 Å². The van der Waals surface area contributed by atoms with Gasteiger partial charge in [0.05, 0.1) is 0 Å². The lowest BCUT2D eigenvalue weighted by atomic mass is 10.3. The molecule has 0 spiro atoms. The predicted octanol–water partition coefficient (Wildman–Crippen LogP) is -2.10. The Kier molecular flexibility index (Phi) is 2.43. The Bertz CT molecular complexity index is 179. The van der Waals surface area contributed by atoms with Crippen LogP contribution in [0.2, 0.25) is 0 Å². The average molecular weight is 157 g/mol. The molecule has 0 aromatic carbocycles. The number of piperazine rings is 1. The number of nitrogens with one attached hydrogen (secondary N) is 1. The van der Waals surface area contributed by atoms with Crippen molar-refractivity contribution < 1.29 is 9.59 Å². The van der Waals surface area contributed by atoms with E-state index in [-0.39, 0.29) is 0 Å². The average Bonchev–Trinajstić information content (AvgIpc) is 1.99. The summed E-state index contributed by atoms with van der Waals surface area (Å²) in [6.45, 7) is 1.97. The quantitative estimate of drug-likeness (QED) is 0.451. The van der Waals surface area contributed by atoms with Gasteiger partial charge in [0, 0.05) is 26.2 Å². The fourth-order valence-corrected chi connectivity index (χ4v) is 0.994. The third-order valence-electron chi connectivity index (χ3n) is 1.55. The monoisotopic (exact) mass is 157 g/mol. The van der Waals surface area contributed by atoms with Gasteiger partial charge in [-0.25, -0.2) is 0 Å². The second kappa shape index (κ2) is 3.34. The van der Waals surface area contributed by atoms with Crippen LogP contribution in [0, 0.1) is 0 Å². The number of hydrogen-bond donors (Lipinski definition) is 2. The van der Waals surface area contributed by atoms with Crippen molar-refractivity contribution in [2.45, 2.75) is 0 Å². The van der Waals surface area contributed by atoms with Crippen molar-refractivity contribution in [3.05, 3.63) is 0 Å². The molecule has 3 N–H and O–H groups in total. The summed E-state index contributed by atoms with van der Waals surface area (Å²) in [4.78, 5) is 23.2. The minimum Gasteiger partial charge on any atom is -0.346 e. The number of nitrogens with two attached hydrogens (primary N) is 1. The molecule has 1 aliphatic rings. The van der Waals surface area contributed by atoms with Gasteiger partial charge in [-0.3, -0.25) is 9.59 Å². The fraction of sp³-hybridized carbons (Fsp3) is 0.667. The second-order valence-electron chi connectivity index (χ2n) is 2.34. The molecular weight excluding hydrogens is 146 g/mol. The number of amides is 2. The zero-order chi connectivity index (χ0) is 8.27. The number of hydrogen-bond acceptors (Lipinski definition) is 3. The molecule has 11 heavy (non-hydrogen) atoms. The summed E-state index contributed by atoms with van der Waals surface area (Å²) in [6.07, 6.45) is 0. The van der Waals surface area contributed by atoms with Crippen LogP contribution in [0.5, 0.6) is 0 Å². The number of rotatable bonds is 2. The SMILES string of the molecule is NCCN1CCNC(=O)C1=O. The van der Waals surface area contributed by atoms with Crippen LogP contribution in [0.1, 0.15) is 0 Å². The van der Waals surface area contributed by atoms with Gasteiger partial charge in [0.1, 0.15) is 0 Å². The number of carbonyl (C=O) groups is 2. The molecule has 0 aromatic heterocycles. The molecule has 0 aromatic rings. The van der Waals surface area contributed by atoms with Crippen molar-refractivity contribution in [1.82, 2.24) is 10.2 Å². The summed E-state index contributed by atoms with van der Waals surface area (Å²) in [7, 11) is 0. The van der Waals surface area contributed by atoms with Crippen molar-refractivity contribution in [2.75, 3.05) is 26.2 Å². The number of nitrogens with zero attached hydrogens (tertiary/aromatic N) is 1. The molecule has 0 unspecified atom stereocenters. The molecular formula is C6H11N3O2. The molecule has 0 atom stereocenters.